The fourth-order valence-corrected chi connectivity index (χ4v) is 4.39. The Bertz CT molecular complexity index is 817. The number of hydrogen-bond acceptors (Lipinski definition) is 3. The average molecular weight is 393 g/mol. The van der Waals surface area contributed by atoms with Gasteiger partial charge in [0.1, 0.15) is 0 Å². The molecule has 4 nitrogen and oxygen atoms in total. The first-order valence-electron chi connectivity index (χ1n) is 10.9. The van der Waals surface area contributed by atoms with E-state index >= 15 is 0 Å². The molecule has 1 heterocycles. The van der Waals surface area contributed by atoms with Gasteiger partial charge in [-0.25, -0.2) is 14.8 Å². The molecule has 1 aromatic heterocycles. The average Bonchev–Trinajstić information content (AvgIpc) is 2.75. The van der Waals surface area contributed by atoms with Gasteiger partial charge in [0.05, 0.1) is 0 Å². The summed E-state index contributed by atoms with van der Waals surface area (Å²) >= 11 is 0. The summed E-state index contributed by atoms with van der Waals surface area (Å²) in [5.41, 5.74) is 4.16. The van der Waals surface area contributed by atoms with Gasteiger partial charge in [0.15, 0.2) is 5.82 Å². The Morgan fingerprint density at radius 1 is 1.07 bits per heavy atom. The Hall–Kier alpha value is -2.49. The number of aromatic nitrogens is 2. The normalized spacial score (nSPS) is 19.9. The number of carbonyl (C=O) groups is 1. The Morgan fingerprint density at radius 2 is 1.72 bits per heavy atom. The van der Waals surface area contributed by atoms with Crippen molar-refractivity contribution in [1.82, 2.24) is 9.97 Å². The SMILES string of the molecule is CC=C(C(=O)O)C1CCC(c2ccc(-c3ncc(CCCCC)cn3)cc2)CC1. The van der Waals surface area contributed by atoms with Gasteiger partial charge in [-0.1, -0.05) is 50.1 Å². The smallest absolute Gasteiger partial charge is 0.331 e. The fraction of sp³-hybridized carbons (Fsp3) is 0.480. The van der Waals surface area contributed by atoms with Crippen molar-refractivity contribution in [2.24, 2.45) is 5.92 Å². The monoisotopic (exact) mass is 392 g/mol. The first-order valence-corrected chi connectivity index (χ1v) is 10.9. The van der Waals surface area contributed by atoms with Crippen molar-refractivity contribution in [2.75, 3.05) is 0 Å². The molecule has 1 saturated carbocycles. The summed E-state index contributed by atoms with van der Waals surface area (Å²) < 4.78 is 0. The van der Waals surface area contributed by atoms with E-state index in [2.05, 4.69) is 41.2 Å². The largest absolute Gasteiger partial charge is 0.478 e. The molecule has 0 amide bonds. The van der Waals surface area contributed by atoms with E-state index in [0.29, 0.717) is 11.5 Å². The molecule has 1 aliphatic carbocycles. The lowest BCUT2D eigenvalue weighted by atomic mass is 9.76. The number of benzene rings is 1. The molecule has 0 bridgehead atoms. The lowest BCUT2D eigenvalue weighted by Crippen LogP contribution is -2.19. The molecule has 0 aliphatic heterocycles. The summed E-state index contributed by atoms with van der Waals surface area (Å²) in [5, 5.41) is 9.34. The lowest BCUT2D eigenvalue weighted by Gasteiger charge is -2.29. The van der Waals surface area contributed by atoms with E-state index in [1.807, 2.05) is 19.3 Å². The number of nitrogens with zero attached hydrogens (tertiary/aromatic N) is 2. The van der Waals surface area contributed by atoms with Crippen LogP contribution >= 0.6 is 0 Å². The maximum Gasteiger partial charge on any atom is 0.331 e. The third kappa shape index (κ3) is 5.53. The van der Waals surface area contributed by atoms with Crippen molar-refractivity contribution >= 4 is 5.97 Å². The van der Waals surface area contributed by atoms with Gasteiger partial charge >= 0.3 is 5.97 Å². The Morgan fingerprint density at radius 3 is 2.28 bits per heavy atom. The summed E-state index contributed by atoms with van der Waals surface area (Å²) in [7, 11) is 0. The number of unbranched alkanes of at least 4 members (excludes halogenated alkanes) is 2. The molecular weight excluding hydrogens is 360 g/mol. The van der Waals surface area contributed by atoms with Crippen molar-refractivity contribution < 1.29 is 9.90 Å². The summed E-state index contributed by atoms with van der Waals surface area (Å²) in [6.45, 7) is 4.04. The van der Waals surface area contributed by atoms with Gasteiger partial charge < -0.3 is 5.11 Å². The zero-order chi connectivity index (χ0) is 20.6. The van der Waals surface area contributed by atoms with E-state index in [9.17, 15) is 9.90 Å². The first kappa shape index (κ1) is 21.2. The Balaban J connectivity index is 1.59. The van der Waals surface area contributed by atoms with Crippen LogP contribution in [0.3, 0.4) is 0 Å². The second kappa shape index (κ2) is 10.3. The molecule has 4 heteroatoms. The molecule has 0 radical (unpaired) electrons. The first-order chi connectivity index (χ1) is 14.1. The predicted molar refractivity (Wildman–Crippen MR) is 117 cm³/mol. The molecule has 1 aromatic carbocycles. The van der Waals surface area contributed by atoms with Crippen molar-refractivity contribution in [1.29, 1.82) is 0 Å². The minimum atomic E-state index is -0.767. The van der Waals surface area contributed by atoms with Gasteiger partial charge in [-0.15, -0.1) is 0 Å². The zero-order valence-corrected chi connectivity index (χ0v) is 17.6. The number of carboxylic acids is 1. The van der Waals surface area contributed by atoms with Crippen LogP contribution < -0.4 is 0 Å². The van der Waals surface area contributed by atoms with Gasteiger partial charge in [0.2, 0.25) is 0 Å². The van der Waals surface area contributed by atoms with Crippen LogP contribution in [0.1, 0.15) is 75.8 Å². The van der Waals surface area contributed by atoms with E-state index in [1.54, 1.807) is 6.08 Å². The molecule has 0 unspecified atom stereocenters. The molecule has 3 rings (SSSR count). The van der Waals surface area contributed by atoms with Gasteiger partial charge in [-0.05, 0) is 68.4 Å². The van der Waals surface area contributed by atoms with Crippen molar-refractivity contribution in [2.45, 2.75) is 71.1 Å². The number of allylic oxidation sites excluding steroid dienone is 1. The maximum absolute atomic E-state index is 11.4. The third-order valence-electron chi connectivity index (χ3n) is 6.14. The molecule has 2 aromatic rings. The van der Waals surface area contributed by atoms with E-state index in [-0.39, 0.29) is 5.92 Å². The number of aliphatic carboxylic acids is 1. The fourth-order valence-electron chi connectivity index (χ4n) is 4.39. The van der Waals surface area contributed by atoms with Gasteiger partial charge in [-0.2, -0.15) is 0 Å². The Kier molecular flexibility index (Phi) is 7.56. The summed E-state index contributed by atoms with van der Waals surface area (Å²) in [4.78, 5) is 20.5. The van der Waals surface area contributed by atoms with E-state index in [1.165, 1.54) is 30.4 Å². The van der Waals surface area contributed by atoms with Crippen molar-refractivity contribution in [3.63, 3.8) is 0 Å². The molecule has 0 atom stereocenters. The lowest BCUT2D eigenvalue weighted by molar-refractivity contribution is -0.133. The van der Waals surface area contributed by atoms with Crippen molar-refractivity contribution in [3.05, 3.63) is 59.4 Å². The predicted octanol–water partition coefficient (Wildman–Crippen LogP) is 6.18. The summed E-state index contributed by atoms with van der Waals surface area (Å²) in [6.07, 6.45) is 14.3. The van der Waals surface area contributed by atoms with E-state index < -0.39 is 5.97 Å². The maximum atomic E-state index is 11.4. The second-order valence-electron chi connectivity index (χ2n) is 8.09. The van der Waals surface area contributed by atoms with Gasteiger partial charge in [0.25, 0.3) is 0 Å². The van der Waals surface area contributed by atoms with Crippen molar-refractivity contribution in [3.8, 4) is 11.4 Å². The molecule has 0 saturated heterocycles. The molecule has 1 N–H and O–H groups in total. The van der Waals surface area contributed by atoms with Crippen LogP contribution in [-0.4, -0.2) is 21.0 Å². The van der Waals surface area contributed by atoms with Gasteiger partial charge in [0, 0.05) is 23.5 Å². The van der Waals surface area contributed by atoms with Crippen LogP contribution in [0, 0.1) is 5.92 Å². The quantitative estimate of drug-likeness (QED) is 0.430. The van der Waals surface area contributed by atoms with Gasteiger partial charge in [-0.3, -0.25) is 0 Å². The minimum Gasteiger partial charge on any atom is -0.478 e. The minimum absolute atomic E-state index is 0.192. The summed E-state index contributed by atoms with van der Waals surface area (Å²) in [6, 6.07) is 8.60. The topological polar surface area (TPSA) is 63.1 Å². The van der Waals surface area contributed by atoms with E-state index in [0.717, 1.165) is 43.5 Å². The standard InChI is InChI=1S/C25H32N2O2/c1-3-5-6-7-18-16-26-24(27-17-18)22-14-10-20(11-15-22)19-8-12-21(13-9-19)23(4-2)25(28)29/h4,10-11,14-17,19,21H,3,5-9,12-13H2,1-2H3,(H,28,29). The third-order valence-corrected chi connectivity index (χ3v) is 6.14. The van der Waals surface area contributed by atoms with Crippen LogP contribution in [0.2, 0.25) is 0 Å². The Labute approximate surface area is 174 Å². The van der Waals surface area contributed by atoms with Crippen LogP contribution in [0.5, 0.6) is 0 Å². The second-order valence-corrected chi connectivity index (χ2v) is 8.09. The zero-order valence-electron chi connectivity index (χ0n) is 17.6. The summed E-state index contributed by atoms with van der Waals surface area (Å²) in [5.74, 6) is 0.710. The molecule has 1 fully saturated rings. The highest BCUT2D eigenvalue weighted by Crippen LogP contribution is 2.39. The molecule has 154 valence electrons. The number of hydrogen-bond donors (Lipinski definition) is 1. The highest BCUT2D eigenvalue weighted by atomic mass is 16.4. The number of aryl methyl sites for hydroxylation is 1. The molecule has 0 spiro atoms. The van der Waals surface area contributed by atoms with Crippen LogP contribution in [-0.2, 0) is 11.2 Å². The van der Waals surface area contributed by atoms with Crippen LogP contribution in [0.15, 0.2) is 48.3 Å². The highest BCUT2D eigenvalue weighted by Gasteiger charge is 2.27. The van der Waals surface area contributed by atoms with Crippen LogP contribution in [0.25, 0.3) is 11.4 Å². The molecule has 29 heavy (non-hydrogen) atoms. The molecular formula is C25H32N2O2. The van der Waals surface area contributed by atoms with Crippen LogP contribution in [0.4, 0.5) is 0 Å². The number of rotatable bonds is 8. The molecule has 1 aliphatic rings. The van der Waals surface area contributed by atoms with E-state index in [4.69, 9.17) is 0 Å². The highest BCUT2D eigenvalue weighted by molar-refractivity contribution is 5.87. The number of carboxylic acid groups (broad SMARTS) is 1.